The first-order valence-electron chi connectivity index (χ1n) is 6.84. The smallest absolute Gasteiger partial charge is 0.188 e. The number of hydrogen-bond donors (Lipinski definition) is 0. The molecule has 1 heterocycles. The molecule has 1 aliphatic carbocycles. The number of aryl methyl sites for hydroxylation is 1. The predicted octanol–water partition coefficient (Wildman–Crippen LogP) is 4.10. The number of Topliss-reactive ketones (excluding diaryl/α,β-unsaturated/α-hetero) is 1. The van der Waals surface area contributed by atoms with Gasteiger partial charge in [-0.2, -0.15) is 5.10 Å². The van der Waals surface area contributed by atoms with Crippen LogP contribution in [0, 0.1) is 5.41 Å². The second-order valence-electron chi connectivity index (χ2n) is 5.51. The van der Waals surface area contributed by atoms with Crippen LogP contribution >= 0.6 is 11.6 Å². The van der Waals surface area contributed by atoms with Crippen molar-refractivity contribution in [2.24, 2.45) is 5.41 Å². The van der Waals surface area contributed by atoms with Gasteiger partial charge in [0.2, 0.25) is 0 Å². The number of aromatic nitrogens is 2. The van der Waals surface area contributed by atoms with Gasteiger partial charge in [-0.3, -0.25) is 9.48 Å². The molecule has 0 N–H and O–H groups in total. The highest BCUT2D eigenvalue weighted by Gasteiger charge is 2.37. The molecule has 0 radical (unpaired) electrons. The molecular formula is C14H21ClN2O. The van der Waals surface area contributed by atoms with Gasteiger partial charge in [-0.15, -0.1) is 0 Å². The van der Waals surface area contributed by atoms with Gasteiger partial charge in [0.05, 0.1) is 11.2 Å². The number of carbonyl (C=O) groups is 1. The van der Waals surface area contributed by atoms with Gasteiger partial charge in [-0.05, 0) is 19.3 Å². The van der Waals surface area contributed by atoms with E-state index in [4.69, 9.17) is 11.6 Å². The summed E-state index contributed by atoms with van der Waals surface area (Å²) in [5.41, 5.74) is 0.371. The summed E-state index contributed by atoms with van der Waals surface area (Å²) in [7, 11) is 0. The summed E-state index contributed by atoms with van der Waals surface area (Å²) in [4.78, 5) is 12.8. The molecule has 3 nitrogen and oxygen atoms in total. The number of carbonyl (C=O) groups excluding carboxylic acids is 1. The van der Waals surface area contributed by atoms with E-state index in [1.54, 1.807) is 10.9 Å². The second-order valence-corrected chi connectivity index (χ2v) is 5.92. The SMILES string of the molecule is CCCn1ncc(Cl)c1C(=O)C1(C)CCCCC1. The Bertz CT molecular complexity index is 433. The number of halogens is 1. The number of nitrogens with zero attached hydrogens (tertiary/aromatic N) is 2. The van der Waals surface area contributed by atoms with Gasteiger partial charge in [0.15, 0.2) is 5.78 Å². The molecule has 0 saturated heterocycles. The van der Waals surface area contributed by atoms with E-state index in [1.165, 1.54) is 6.42 Å². The van der Waals surface area contributed by atoms with Gasteiger partial charge in [-0.1, -0.05) is 44.7 Å². The zero-order valence-electron chi connectivity index (χ0n) is 11.2. The first-order chi connectivity index (χ1) is 8.58. The molecule has 1 saturated carbocycles. The molecule has 0 aromatic carbocycles. The molecule has 1 aromatic rings. The molecule has 100 valence electrons. The van der Waals surface area contributed by atoms with Crippen LogP contribution in [0.5, 0.6) is 0 Å². The van der Waals surface area contributed by atoms with Crippen molar-refractivity contribution in [1.29, 1.82) is 0 Å². The van der Waals surface area contributed by atoms with Gasteiger partial charge in [-0.25, -0.2) is 0 Å². The van der Waals surface area contributed by atoms with Crippen molar-refractivity contribution in [2.45, 2.75) is 58.9 Å². The zero-order chi connectivity index (χ0) is 13.2. The normalized spacial score (nSPS) is 18.8. The maximum Gasteiger partial charge on any atom is 0.188 e. The molecule has 0 spiro atoms. The summed E-state index contributed by atoms with van der Waals surface area (Å²) in [6.07, 6.45) is 8.01. The van der Waals surface area contributed by atoms with Gasteiger partial charge < -0.3 is 0 Å². The molecule has 2 rings (SSSR count). The Hall–Kier alpha value is -0.830. The van der Waals surface area contributed by atoms with Crippen molar-refractivity contribution >= 4 is 17.4 Å². The lowest BCUT2D eigenvalue weighted by atomic mass is 9.72. The fourth-order valence-electron chi connectivity index (χ4n) is 2.81. The maximum absolute atomic E-state index is 12.8. The topological polar surface area (TPSA) is 34.9 Å². The summed E-state index contributed by atoms with van der Waals surface area (Å²) >= 11 is 6.15. The van der Waals surface area contributed by atoms with E-state index in [0.717, 1.165) is 38.6 Å². The molecule has 0 atom stereocenters. The van der Waals surface area contributed by atoms with Crippen molar-refractivity contribution in [3.63, 3.8) is 0 Å². The molecule has 1 aromatic heterocycles. The number of ketones is 1. The lowest BCUT2D eigenvalue weighted by Gasteiger charge is -2.32. The van der Waals surface area contributed by atoms with Crippen LogP contribution in [0.2, 0.25) is 5.02 Å². The molecule has 0 unspecified atom stereocenters. The van der Waals surface area contributed by atoms with E-state index in [2.05, 4.69) is 18.9 Å². The van der Waals surface area contributed by atoms with Crippen molar-refractivity contribution in [2.75, 3.05) is 0 Å². The van der Waals surface area contributed by atoms with Gasteiger partial charge in [0, 0.05) is 12.0 Å². The zero-order valence-corrected chi connectivity index (χ0v) is 12.0. The van der Waals surface area contributed by atoms with Gasteiger partial charge in [0.25, 0.3) is 0 Å². The minimum Gasteiger partial charge on any atom is -0.292 e. The van der Waals surface area contributed by atoms with Crippen molar-refractivity contribution in [3.05, 3.63) is 16.9 Å². The Labute approximate surface area is 114 Å². The monoisotopic (exact) mass is 268 g/mol. The quantitative estimate of drug-likeness (QED) is 0.771. The third-order valence-electron chi connectivity index (χ3n) is 3.95. The summed E-state index contributed by atoms with van der Waals surface area (Å²) in [5, 5.41) is 4.72. The Kier molecular flexibility index (Phi) is 4.10. The van der Waals surface area contributed by atoms with Crippen LogP contribution in [0.15, 0.2) is 6.20 Å². The van der Waals surface area contributed by atoms with Crippen LogP contribution in [0.3, 0.4) is 0 Å². The first kappa shape index (κ1) is 13.6. The molecule has 1 aliphatic rings. The van der Waals surface area contributed by atoms with E-state index in [0.29, 0.717) is 10.7 Å². The van der Waals surface area contributed by atoms with Crippen LogP contribution in [0.1, 0.15) is 62.9 Å². The highest BCUT2D eigenvalue weighted by atomic mass is 35.5. The molecule has 0 bridgehead atoms. The average Bonchev–Trinajstić information content (AvgIpc) is 2.71. The second kappa shape index (κ2) is 5.43. The Balaban J connectivity index is 2.29. The highest BCUT2D eigenvalue weighted by Crippen LogP contribution is 2.39. The minimum absolute atomic E-state index is 0.179. The standard InChI is InChI=1S/C14H21ClN2O/c1-3-9-17-12(11(15)10-16-17)13(18)14(2)7-5-4-6-8-14/h10H,3-9H2,1-2H3. The molecule has 0 aliphatic heterocycles. The average molecular weight is 269 g/mol. The largest absolute Gasteiger partial charge is 0.292 e. The molecule has 1 fully saturated rings. The van der Waals surface area contributed by atoms with E-state index in [9.17, 15) is 4.79 Å². The fourth-order valence-corrected chi connectivity index (χ4v) is 3.04. The van der Waals surface area contributed by atoms with Crippen LogP contribution in [0.25, 0.3) is 0 Å². The lowest BCUT2D eigenvalue weighted by molar-refractivity contribution is 0.0737. The van der Waals surface area contributed by atoms with E-state index < -0.39 is 0 Å². The van der Waals surface area contributed by atoms with E-state index in [1.807, 2.05) is 0 Å². The predicted molar refractivity (Wildman–Crippen MR) is 73.1 cm³/mol. The van der Waals surface area contributed by atoms with Crippen LogP contribution in [0.4, 0.5) is 0 Å². The van der Waals surface area contributed by atoms with Crippen LogP contribution < -0.4 is 0 Å². The third-order valence-corrected chi connectivity index (χ3v) is 4.23. The summed E-state index contributed by atoms with van der Waals surface area (Å²) in [5.74, 6) is 0.179. The maximum atomic E-state index is 12.8. The molecule has 18 heavy (non-hydrogen) atoms. The highest BCUT2D eigenvalue weighted by molar-refractivity contribution is 6.33. The van der Waals surface area contributed by atoms with Crippen molar-refractivity contribution < 1.29 is 4.79 Å². The van der Waals surface area contributed by atoms with Crippen LogP contribution in [-0.2, 0) is 6.54 Å². The number of rotatable bonds is 4. The summed E-state index contributed by atoms with van der Waals surface area (Å²) in [6.45, 7) is 4.91. The van der Waals surface area contributed by atoms with Crippen LogP contribution in [-0.4, -0.2) is 15.6 Å². The van der Waals surface area contributed by atoms with Crippen molar-refractivity contribution in [3.8, 4) is 0 Å². The summed E-state index contributed by atoms with van der Waals surface area (Å²) < 4.78 is 1.77. The molecule has 4 heteroatoms. The Morgan fingerprint density at radius 1 is 1.44 bits per heavy atom. The lowest BCUT2D eigenvalue weighted by Crippen LogP contribution is -2.32. The number of hydrogen-bond acceptors (Lipinski definition) is 2. The molecule has 0 amide bonds. The fraction of sp³-hybridized carbons (Fsp3) is 0.714. The van der Waals surface area contributed by atoms with E-state index in [-0.39, 0.29) is 11.2 Å². The van der Waals surface area contributed by atoms with E-state index >= 15 is 0 Å². The minimum atomic E-state index is -0.243. The Morgan fingerprint density at radius 2 is 2.11 bits per heavy atom. The Morgan fingerprint density at radius 3 is 2.72 bits per heavy atom. The third kappa shape index (κ3) is 2.46. The first-order valence-corrected chi connectivity index (χ1v) is 7.22. The van der Waals surface area contributed by atoms with Gasteiger partial charge in [0.1, 0.15) is 5.69 Å². The summed E-state index contributed by atoms with van der Waals surface area (Å²) in [6, 6.07) is 0. The molecular weight excluding hydrogens is 248 g/mol. The van der Waals surface area contributed by atoms with Gasteiger partial charge >= 0.3 is 0 Å². The van der Waals surface area contributed by atoms with Crippen molar-refractivity contribution in [1.82, 2.24) is 9.78 Å².